The molecule has 0 amide bonds. The Hall–Kier alpha value is -0.860. The van der Waals surface area contributed by atoms with E-state index in [0.29, 0.717) is 12.0 Å². The third-order valence-electron chi connectivity index (χ3n) is 3.49. The van der Waals surface area contributed by atoms with Crippen LogP contribution < -0.4 is 5.32 Å². The van der Waals surface area contributed by atoms with Crippen LogP contribution in [0, 0.1) is 12.8 Å². The number of nitrogens with one attached hydrogen (secondary N) is 1. The van der Waals surface area contributed by atoms with Gasteiger partial charge in [-0.25, -0.2) is 0 Å². The zero-order valence-electron chi connectivity index (χ0n) is 10.3. The van der Waals surface area contributed by atoms with Crippen molar-refractivity contribution in [3.63, 3.8) is 0 Å². The number of hydrogen-bond donors (Lipinski definition) is 2. The van der Waals surface area contributed by atoms with Crippen LogP contribution in [0.15, 0.2) is 18.2 Å². The molecule has 0 radical (unpaired) electrons. The minimum atomic E-state index is 0.166. The molecule has 3 atom stereocenters. The van der Waals surface area contributed by atoms with Crippen molar-refractivity contribution in [2.45, 2.75) is 39.3 Å². The van der Waals surface area contributed by atoms with Crippen molar-refractivity contribution in [2.75, 3.05) is 6.61 Å². The van der Waals surface area contributed by atoms with Gasteiger partial charge < -0.3 is 10.4 Å². The molecule has 2 N–H and O–H groups in total. The summed E-state index contributed by atoms with van der Waals surface area (Å²) in [6.45, 7) is 6.64. The van der Waals surface area contributed by atoms with Gasteiger partial charge in [0.1, 0.15) is 0 Å². The van der Waals surface area contributed by atoms with Gasteiger partial charge in [-0.05, 0) is 37.3 Å². The normalized spacial score (nSPS) is 25.5. The van der Waals surface area contributed by atoms with E-state index in [2.05, 4.69) is 37.4 Å². The first kappa shape index (κ1) is 11.6. The lowest BCUT2D eigenvalue weighted by atomic mass is 10.0. The molecule has 0 fully saturated rings. The molecule has 2 unspecified atom stereocenters. The maximum atomic E-state index is 9.12. The largest absolute Gasteiger partial charge is 0.395 e. The van der Waals surface area contributed by atoms with Crippen LogP contribution in [0.2, 0.25) is 0 Å². The second-order valence-corrected chi connectivity index (χ2v) is 5.11. The molecule has 88 valence electrons. The lowest BCUT2D eigenvalue weighted by molar-refractivity contribution is 0.231. The van der Waals surface area contributed by atoms with Crippen LogP contribution >= 0.6 is 0 Å². The average Bonchev–Trinajstić information content (AvgIpc) is 2.55. The fourth-order valence-corrected chi connectivity index (χ4v) is 2.57. The number of rotatable bonds is 3. The van der Waals surface area contributed by atoms with E-state index in [0.717, 1.165) is 6.42 Å². The molecule has 16 heavy (non-hydrogen) atoms. The Kier molecular flexibility index (Phi) is 3.31. The van der Waals surface area contributed by atoms with Gasteiger partial charge >= 0.3 is 0 Å². The fourth-order valence-electron chi connectivity index (χ4n) is 2.57. The predicted molar refractivity (Wildman–Crippen MR) is 66.5 cm³/mol. The highest BCUT2D eigenvalue weighted by molar-refractivity contribution is 5.38. The summed E-state index contributed by atoms with van der Waals surface area (Å²) in [6.07, 6.45) is 1.14. The van der Waals surface area contributed by atoms with Gasteiger partial charge in [-0.2, -0.15) is 0 Å². The Morgan fingerprint density at radius 1 is 1.50 bits per heavy atom. The molecule has 0 bridgehead atoms. The average molecular weight is 219 g/mol. The number of aliphatic hydroxyl groups is 1. The first-order valence-corrected chi connectivity index (χ1v) is 6.08. The van der Waals surface area contributed by atoms with Gasteiger partial charge in [-0.1, -0.05) is 30.7 Å². The van der Waals surface area contributed by atoms with Crippen molar-refractivity contribution >= 4 is 0 Å². The van der Waals surface area contributed by atoms with Gasteiger partial charge in [0, 0.05) is 12.1 Å². The number of hydrogen-bond acceptors (Lipinski definition) is 2. The molecule has 0 aliphatic heterocycles. The lowest BCUT2D eigenvalue weighted by Gasteiger charge is -2.22. The predicted octanol–water partition coefficient (Wildman–Crippen LogP) is 2.20. The summed E-state index contributed by atoms with van der Waals surface area (Å²) in [7, 11) is 0. The quantitative estimate of drug-likeness (QED) is 0.817. The molecule has 0 spiro atoms. The third kappa shape index (κ3) is 2.13. The zero-order chi connectivity index (χ0) is 11.7. The standard InChI is InChI=1S/C14H21NO/c1-9-4-5-12-7-10(2)14(13(12)6-9)15-11(3)8-16/h4-6,10-11,14-16H,7-8H2,1-3H3/t10?,11-,14?/m1/s1. The number of benzene rings is 1. The molecule has 1 aromatic rings. The molecule has 1 aliphatic carbocycles. The summed E-state index contributed by atoms with van der Waals surface area (Å²) in [5, 5.41) is 12.6. The molecule has 1 aromatic carbocycles. The maximum absolute atomic E-state index is 9.12. The zero-order valence-corrected chi connectivity index (χ0v) is 10.3. The van der Waals surface area contributed by atoms with Crippen LogP contribution in [0.4, 0.5) is 0 Å². The second kappa shape index (κ2) is 4.56. The molecule has 0 saturated heterocycles. The van der Waals surface area contributed by atoms with Crippen LogP contribution in [-0.2, 0) is 6.42 Å². The summed E-state index contributed by atoms with van der Waals surface area (Å²) in [5.41, 5.74) is 4.20. The van der Waals surface area contributed by atoms with E-state index < -0.39 is 0 Å². The van der Waals surface area contributed by atoms with Crippen LogP contribution in [-0.4, -0.2) is 17.8 Å². The van der Waals surface area contributed by atoms with Crippen LogP contribution in [0.5, 0.6) is 0 Å². The minimum Gasteiger partial charge on any atom is -0.395 e. The van der Waals surface area contributed by atoms with E-state index in [1.807, 2.05) is 6.92 Å². The summed E-state index contributed by atoms with van der Waals surface area (Å²) in [5.74, 6) is 0.616. The second-order valence-electron chi connectivity index (χ2n) is 5.11. The molecule has 2 rings (SSSR count). The first-order valence-electron chi connectivity index (χ1n) is 6.08. The van der Waals surface area contributed by atoms with Gasteiger partial charge in [-0.15, -0.1) is 0 Å². The van der Waals surface area contributed by atoms with Crippen molar-refractivity contribution in [1.29, 1.82) is 0 Å². The Morgan fingerprint density at radius 3 is 2.94 bits per heavy atom. The Bertz CT molecular complexity index is 375. The molecule has 1 aliphatic rings. The number of aliphatic hydroxyl groups excluding tert-OH is 1. The lowest BCUT2D eigenvalue weighted by Crippen LogP contribution is -2.34. The summed E-state index contributed by atoms with van der Waals surface area (Å²) in [6, 6.07) is 7.27. The van der Waals surface area contributed by atoms with E-state index in [9.17, 15) is 0 Å². The Morgan fingerprint density at radius 2 is 2.25 bits per heavy atom. The van der Waals surface area contributed by atoms with E-state index in [1.54, 1.807) is 0 Å². The van der Waals surface area contributed by atoms with E-state index in [1.165, 1.54) is 16.7 Å². The van der Waals surface area contributed by atoms with E-state index in [-0.39, 0.29) is 12.6 Å². The topological polar surface area (TPSA) is 32.3 Å². The van der Waals surface area contributed by atoms with Gasteiger partial charge in [-0.3, -0.25) is 0 Å². The fraction of sp³-hybridized carbons (Fsp3) is 0.571. The van der Waals surface area contributed by atoms with Crippen LogP contribution in [0.3, 0.4) is 0 Å². The molecule has 2 nitrogen and oxygen atoms in total. The molecular formula is C14H21NO. The molecule has 0 saturated carbocycles. The highest BCUT2D eigenvalue weighted by Gasteiger charge is 2.29. The van der Waals surface area contributed by atoms with E-state index in [4.69, 9.17) is 5.11 Å². The molecular weight excluding hydrogens is 198 g/mol. The van der Waals surface area contributed by atoms with E-state index >= 15 is 0 Å². The van der Waals surface area contributed by atoms with Crippen molar-refractivity contribution < 1.29 is 5.11 Å². The summed E-state index contributed by atoms with van der Waals surface area (Å²) >= 11 is 0. The summed E-state index contributed by atoms with van der Waals surface area (Å²) in [4.78, 5) is 0. The van der Waals surface area contributed by atoms with Gasteiger partial charge in [0.2, 0.25) is 0 Å². The highest BCUT2D eigenvalue weighted by Crippen LogP contribution is 2.36. The SMILES string of the molecule is Cc1ccc2c(c1)C(N[C@H](C)CO)C(C)C2. The molecule has 0 heterocycles. The Balaban J connectivity index is 2.24. The first-order chi connectivity index (χ1) is 7.61. The third-order valence-corrected chi connectivity index (χ3v) is 3.49. The van der Waals surface area contributed by atoms with Crippen LogP contribution in [0.25, 0.3) is 0 Å². The molecule has 0 aromatic heterocycles. The van der Waals surface area contributed by atoms with Crippen molar-refractivity contribution in [2.24, 2.45) is 5.92 Å². The minimum absolute atomic E-state index is 0.166. The van der Waals surface area contributed by atoms with Crippen LogP contribution in [0.1, 0.15) is 36.6 Å². The smallest absolute Gasteiger partial charge is 0.0582 e. The summed E-state index contributed by atoms with van der Waals surface area (Å²) < 4.78 is 0. The van der Waals surface area contributed by atoms with Gasteiger partial charge in [0.25, 0.3) is 0 Å². The number of fused-ring (bicyclic) bond motifs is 1. The van der Waals surface area contributed by atoms with Crippen molar-refractivity contribution in [3.05, 3.63) is 34.9 Å². The van der Waals surface area contributed by atoms with Crippen molar-refractivity contribution in [1.82, 2.24) is 5.32 Å². The van der Waals surface area contributed by atoms with Crippen molar-refractivity contribution in [3.8, 4) is 0 Å². The monoisotopic (exact) mass is 219 g/mol. The molecule has 2 heteroatoms. The Labute approximate surface area is 97.7 Å². The van der Waals surface area contributed by atoms with Gasteiger partial charge in [0.05, 0.1) is 6.61 Å². The highest BCUT2D eigenvalue weighted by atomic mass is 16.3. The maximum Gasteiger partial charge on any atom is 0.0582 e. The number of aryl methyl sites for hydroxylation is 1. The van der Waals surface area contributed by atoms with Gasteiger partial charge in [0.15, 0.2) is 0 Å².